The Morgan fingerprint density at radius 1 is 0.852 bits per heavy atom. The van der Waals surface area contributed by atoms with Crippen molar-refractivity contribution in [2.75, 3.05) is 5.32 Å². The van der Waals surface area contributed by atoms with Crippen molar-refractivity contribution >= 4 is 5.69 Å². The maximum absolute atomic E-state index is 6.07. The van der Waals surface area contributed by atoms with E-state index in [-0.39, 0.29) is 0 Å². The quantitative estimate of drug-likeness (QED) is 0.535. The maximum Gasteiger partial charge on any atom is 0.127 e. The highest BCUT2D eigenvalue weighted by molar-refractivity contribution is 5.62. The molecule has 3 atom stereocenters. The Balaban J connectivity index is 1.51. The van der Waals surface area contributed by atoms with Crippen LogP contribution in [0, 0.1) is 12.8 Å². The summed E-state index contributed by atoms with van der Waals surface area (Å²) >= 11 is 0. The summed E-state index contributed by atoms with van der Waals surface area (Å²) in [5.74, 6) is 2.75. The summed E-state index contributed by atoms with van der Waals surface area (Å²) in [7, 11) is 0. The largest absolute Gasteiger partial charge is 0.457 e. The fourth-order valence-corrected chi connectivity index (χ4v) is 4.50. The standard InChI is InChI=1S/C25H23NO/c1-17-8-5-6-11-20(17)25-22-13-7-12-21(22)23-16-19(14-15-24(23)26-25)27-18-9-3-2-4-10-18/h2-12,14-16,21-22,25-26H,13H2,1H3. The topological polar surface area (TPSA) is 21.3 Å². The Morgan fingerprint density at radius 3 is 2.52 bits per heavy atom. The number of ether oxygens (including phenoxy) is 1. The molecule has 0 spiro atoms. The zero-order chi connectivity index (χ0) is 18.2. The lowest BCUT2D eigenvalue weighted by Crippen LogP contribution is -2.29. The van der Waals surface area contributed by atoms with Crippen molar-refractivity contribution in [1.82, 2.24) is 0 Å². The third kappa shape index (κ3) is 2.91. The highest BCUT2D eigenvalue weighted by Gasteiger charge is 2.38. The van der Waals surface area contributed by atoms with E-state index >= 15 is 0 Å². The van der Waals surface area contributed by atoms with Crippen LogP contribution in [0.5, 0.6) is 11.5 Å². The molecule has 0 radical (unpaired) electrons. The molecule has 2 heteroatoms. The van der Waals surface area contributed by atoms with Gasteiger partial charge in [0.15, 0.2) is 0 Å². The summed E-state index contributed by atoms with van der Waals surface area (Å²) in [6, 6.07) is 25.5. The molecule has 1 heterocycles. The van der Waals surface area contributed by atoms with Gasteiger partial charge in [0, 0.05) is 11.6 Å². The lowest BCUT2D eigenvalue weighted by Gasteiger charge is -2.38. The molecule has 1 aliphatic heterocycles. The van der Waals surface area contributed by atoms with E-state index in [4.69, 9.17) is 4.74 Å². The van der Waals surface area contributed by atoms with Crippen LogP contribution in [0.1, 0.15) is 35.1 Å². The molecule has 3 unspecified atom stereocenters. The number of para-hydroxylation sites is 1. The first-order valence-electron chi connectivity index (χ1n) is 9.65. The van der Waals surface area contributed by atoms with Crippen LogP contribution in [-0.2, 0) is 0 Å². The smallest absolute Gasteiger partial charge is 0.127 e. The van der Waals surface area contributed by atoms with Crippen LogP contribution in [-0.4, -0.2) is 0 Å². The number of nitrogens with one attached hydrogen (secondary N) is 1. The Hall–Kier alpha value is -3.00. The van der Waals surface area contributed by atoms with Crippen LogP contribution in [0.15, 0.2) is 84.9 Å². The highest BCUT2D eigenvalue weighted by Crippen LogP contribution is 2.51. The summed E-state index contributed by atoms with van der Waals surface area (Å²) in [4.78, 5) is 0. The minimum atomic E-state index is 0.347. The van der Waals surface area contributed by atoms with Crippen LogP contribution in [0.3, 0.4) is 0 Å². The van der Waals surface area contributed by atoms with Crippen molar-refractivity contribution in [3.05, 3.63) is 102 Å². The van der Waals surface area contributed by atoms with Gasteiger partial charge in [0.1, 0.15) is 11.5 Å². The molecular formula is C25H23NO. The Morgan fingerprint density at radius 2 is 1.67 bits per heavy atom. The van der Waals surface area contributed by atoms with Gasteiger partial charge in [-0.25, -0.2) is 0 Å². The van der Waals surface area contributed by atoms with Gasteiger partial charge in [-0.15, -0.1) is 0 Å². The molecule has 3 aromatic rings. The first kappa shape index (κ1) is 16.2. The average Bonchev–Trinajstić information content (AvgIpc) is 3.19. The van der Waals surface area contributed by atoms with E-state index in [0.717, 1.165) is 17.9 Å². The minimum absolute atomic E-state index is 0.347. The van der Waals surface area contributed by atoms with E-state index in [1.54, 1.807) is 0 Å². The van der Waals surface area contributed by atoms with Gasteiger partial charge in [0.25, 0.3) is 0 Å². The molecule has 0 fully saturated rings. The average molecular weight is 353 g/mol. The summed E-state index contributed by atoms with van der Waals surface area (Å²) < 4.78 is 6.07. The number of allylic oxidation sites excluding steroid dienone is 2. The van der Waals surface area contributed by atoms with Gasteiger partial charge in [-0.3, -0.25) is 0 Å². The maximum atomic E-state index is 6.07. The normalized spacial score (nSPS) is 22.6. The van der Waals surface area contributed by atoms with Crippen molar-refractivity contribution in [2.24, 2.45) is 5.92 Å². The highest BCUT2D eigenvalue weighted by atomic mass is 16.5. The van der Waals surface area contributed by atoms with Crippen LogP contribution < -0.4 is 10.1 Å². The second-order valence-corrected chi connectivity index (χ2v) is 7.50. The van der Waals surface area contributed by atoms with E-state index < -0.39 is 0 Å². The molecule has 27 heavy (non-hydrogen) atoms. The van der Waals surface area contributed by atoms with E-state index in [1.807, 2.05) is 30.3 Å². The zero-order valence-electron chi connectivity index (χ0n) is 15.4. The Kier molecular flexibility index (Phi) is 3.97. The van der Waals surface area contributed by atoms with Crippen LogP contribution in [0.4, 0.5) is 5.69 Å². The van der Waals surface area contributed by atoms with Gasteiger partial charge in [0.2, 0.25) is 0 Å². The number of aryl methyl sites for hydroxylation is 1. The minimum Gasteiger partial charge on any atom is -0.457 e. The number of hydrogen-bond donors (Lipinski definition) is 1. The molecule has 0 amide bonds. The van der Waals surface area contributed by atoms with Crippen molar-refractivity contribution in [1.29, 1.82) is 0 Å². The van der Waals surface area contributed by atoms with Crippen molar-refractivity contribution in [3.63, 3.8) is 0 Å². The van der Waals surface area contributed by atoms with Crippen molar-refractivity contribution in [3.8, 4) is 11.5 Å². The number of rotatable bonds is 3. The second-order valence-electron chi connectivity index (χ2n) is 7.50. The molecule has 1 N–H and O–H groups in total. The van der Waals surface area contributed by atoms with E-state index in [2.05, 4.69) is 66.9 Å². The molecule has 0 saturated carbocycles. The van der Waals surface area contributed by atoms with Gasteiger partial charge in [-0.1, -0.05) is 54.6 Å². The number of anilines is 1. The third-order valence-electron chi connectivity index (χ3n) is 5.84. The van der Waals surface area contributed by atoms with E-state index in [0.29, 0.717) is 17.9 Å². The second kappa shape index (κ2) is 6.62. The first-order valence-corrected chi connectivity index (χ1v) is 9.65. The molecule has 3 aromatic carbocycles. The molecule has 5 rings (SSSR count). The molecule has 1 aliphatic carbocycles. The molecule has 0 saturated heterocycles. The SMILES string of the molecule is Cc1ccccc1C1Nc2ccc(Oc3ccccc3)cc2C2C=CCC21. The van der Waals surface area contributed by atoms with Crippen LogP contribution in [0.2, 0.25) is 0 Å². The van der Waals surface area contributed by atoms with Crippen LogP contribution >= 0.6 is 0 Å². The number of fused-ring (bicyclic) bond motifs is 3. The molecule has 134 valence electrons. The molecule has 2 nitrogen and oxygen atoms in total. The fraction of sp³-hybridized carbons (Fsp3) is 0.200. The van der Waals surface area contributed by atoms with Gasteiger partial charge < -0.3 is 10.1 Å². The van der Waals surface area contributed by atoms with E-state index in [1.165, 1.54) is 22.4 Å². The predicted octanol–water partition coefficient (Wildman–Crippen LogP) is 6.61. The fourth-order valence-electron chi connectivity index (χ4n) is 4.50. The zero-order valence-corrected chi connectivity index (χ0v) is 15.4. The van der Waals surface area contributed by atoms with Crippen molar-refractivity contribution < 1.29 is 4.74 Å². The first-order chi connectivity index (χ1) is 13.3. The van der Waals surface area contributed by atoms with Crippen molar-refractivity contribution in [2.45, 2.75) is 25.3 Å². The summed E-state index contributed by atoms with van der Waals surface area (Å²) in [6.45, 7) is 2.21. The number of hydrogen-bond acceptors (Lipinski definition) is 2. The van der Waals surface area contributed by atoms with Crippen LogP contribution in [0.25, 0.3) is 0 Å². The third-order valence-corrected chi connectivity index (χ3v) is 5.84. The lowest BCUT2D eigenvalue weighted by molar-refractivity contribution is 0.421. The molecule has 2 aliphatic rings. The summed E-state index contributed by atoms with van der Waals surface area (Å²) in [6.07, 6.45) is 5.82. The van der Waals surface area contributed by atoms with Gasteiger partial charge in [-0.05, 0) is 66.3 Å². The number of benzene rings is 3. The van der Waals surface area contributed by atoms with Gasteiger partial charge in [-0.2, -0.15) is 0 Å². The summed E-state index contributed by atoms with van der Waals surface area (Å²) in [5.41, 5.74) is 5.32. The molecular weight excluding hydrogens is 330 g/mol. The lowest BCUT2D eigenvalue weighted by atomic mass is 9.76. The summed E-state index contributed by atoms with van der Waals surface area (Å²) in [5, 5.41) is 3.82. The molecule has 0 bridgehead atoms. The Bertz CT molecular complexity index is 992. The van der Waals surface area contributed by atoms with E-state index in [9.17, 15) is 0 Å². The van der Waals surface area contributed by atoms with Gasteiger partial charge >= 0.3 is 0 Å². The molecule has 0 aromatic heterocycles. The predicted molar refractivity (Wildman–Crippen MR) is 110 cm³/mol. The van der Waals surface area contributed by atoms with Gasteiger partial charge in [0.05, 0.1) is 6.04 Å². The monoisotopic (exact) mass is 353 g/mol. The Labute approximate surface area is 160 Å².